The predicted molar refractivity (Wildman–Crippen MR) is 113 cm³/mol. The standard InChI is InChI=1S/C23H30N2O3.H2/c26-21(12-11-20-7-3-1-4-8-20)17-24-13-15-25(16-14-24)18-22(27)19-28-23-9-5-2-6-10-23;/h1-10,22,27H,11-19H2;1H/t22-;/m0./s1. The number of hydrogen-bond donors (Lipinski definition) is 1. The first kappa shape index (κ1) is 20.5. The largest absolute Gasteiger partial charge is 0.491 e. The average molecular weight is 385 g/mol. The number of ether oxygens (including phenoxy) is 1. The highest BCUT2D eigenvalue weighted by Crippen LogP contribution is 2.10. The molecule has 152 valence electrons. The molecule has 3 rings (SSSR count). The summed E-state index contributed by atoms with van der Waals surface area (Å²) in [6.07, 6.45) is 0.895. The number of aryl methyl sites for hydroxylation is 1. The van der Waals surface area contributed by atoms with Gasteiger partial charge in [0.15, 0.2) is 0 Å². The number of Topliss-reactive ketones (excluding diaryl/α,β-unsaturated/α-hetero) is 1. The van der Waals surface area contributed by atoms with E-state index in [2.05, 4.69) is 21.9 Å². The number of para-hydroxylation sites is 1. The van der Waals surface area contributed by atoms with Gasteiger partial charge in [-0.25, -0.2) is 0 Å². The molecule has 0 spiro atoms. The number of piperazine rings is 1. The lowest BCUT2D eigenvalue weighted by Crippen LogP contribution is -2.50. The van der Waals surface area contributed by atoms with Gasteiger partial charge in [0.1, 0.15) is 24.2 Å². The summed E-state index contributed by atoms with van der Waals surface area (Å²) in [6, 6.07) is 19.7. The molecule has 0 saturated carbocycles. The third-order valence-corrected chi connectivity index (χ3v) is 5.05. The van der Waals surface area contributed by atoms with Crippen molar-refractivity contribution in [2.45, 2.75) is 18.9 Å². The zero-order chi connectivity index (χ0) is 19.6. The van der Waals surface area contributed by atoms with Crippen molar-refractivity contribution in [3.63, 3.8) is 0 Å². The second-order valence-corrected chi connectivity index (χ2v) is 7.38. The van der Waals surface area contributed by atoms with Gasteiger partial charge in [0.05, 0.1) is 6.54 Å². The fraction of sp³-hybridized carbons (Fsp3) is 0.435. The quantitative estimate of drug-likeness (QED) is 0.682. The second-order valence-electron chi connectivity index (χ2n) is 7.38. The molecule has 5 nitrogen and oxygen atoms in total. The van der Waals surface area contributed by atoms with E-state index in [4.69, 9.17) is 4.74 Å². The number of ketones is 1. The molecule has 0 aromatic heterocycles. The van der Waals surface area contributed by atoms with Gasteiger partial charge in [-0.3, -0.25) is 14.6 Å². The molecule has 0 amide bonds. The normalized spacial score (nSPS) is 16.6. The molecule has 28 heavy (non-hydrogen) atoms. The van der Waals surface area contributed by atoms with Gasteiger partial charge in [0.2, 0.25) is 0 Å². The minimum atomic E-state index is -0.515. The number of carbonyl (C=O) groups excluding carboxylic acids is 1. The SMILES string of the molecule is O=C(CCc1ccccc1)CN1CCN(C[C@H](O)COc2ccccc2)CC1.[HH]. The highest BCUT2D eigenvalue weighted by molar-refractivity contribution is 5.80. The van der Waals surface area contributed by atoms with E-state index in [1.807, 2.05) is 48.5 Å². The van der Waals surface area contributed by atoms with Gasteiger partial charge in [0.25, 0.3) is 0 Å². The molecular formula is C23H32N2O3. The van der Waals surface area contributed by atoms with Crippen LogP contribution in [0.3, 0.4) is 0 Å². The van der Waals surface area contributed by atoms with Gasteiger partial charge in [-0.15, -0.1) is 0 Å². The number of hydrogen-bond acceptors (Lipinski definition) is 5. The van der Waals surface area contributed by atoms with Gasteiger partial charge < -0.3 is 9.84 Å². The number of aliphatic hydroxyl groups excluding tert-OH is 1. The zero-order valence-corrected chi connectivity index (χ0v) is 16.4. The lowest BCUT2D eigenvalue weighted by atomic mass is 10.1. The van der Waals surface area contributed by atoms with Crippen molar-refractivity contribution in [1.82, 2.24) is 9.80 Å². The Bertz CT molecular complexity index is 707. The van der Waals surface area contributed by atoms with Crippen molar-refractivity contribution in [2.75, 3.05) is 45.9 Å². The summed E-state index contributed by atoms with van der Waals surface area (Å²) in [7, 11) is 0. The van der Waals surface area contributed by atoms with Gasteiger partial charge in [-0.05, 0) is 24.1 Å². The van der Waals surface area contributed by atoms with Crippen molar-refractivity contribution in [3.8, 4) is 5.75 Å². The molecule has 2 aromatic carbocycles. The van der Waals surface area contributed by atoms with Crippen LogP contribution in [-0.2, 0) is 11.2 Å². The predicted octanol–water partition coefficient (Wildman–Crippen LogP) is 2.49. The third-order valence-electron chi connectivity index (χ3n) is 5.05. The number of β-amino-alcohol motifs (C(OH)–C–C–N with tert-alkyl or cyclic N) is 1. The maximum Gasteiger partial charge on any atom is 0.147 e. The van der Waals surface area contributed by atoms with Crippen molar-refractivity contribution >= 4 is 5.78 Å². The van der Waals surface area contributed by atoms with Crippen LogP contribution in [0.4, 0.5) is 0 Å². The topological polar surface area (TPSA) is 53.0 Å². The molecule has 1 aliphatic heterocycles. The molecule has 1 N–H and O–H groups in total. The summed E-state index contributed by atoms with van der Waals surface area (Å²) >= 11 is 0. The van der Waals surface area contributed by atoms with Crippen molar-refractivity contribution in [2.24, 2.45) is 0 Å². The van der Waals surface area contributed by atoms with Crippen LogP contribution >= 0.6 is 0 Å². The van der Waals surface area contributed by atoms with Crippen LogP contribution in [0.15, 0.2) is 60.7 Å². The number of nitrogens with zero attached hydrogens (tertiary/aromatic N) is 2. The molecule has 1 atom stereocenters. The lowest BCUT2D eigenvalue weighted by molar-refractivity contribution is -0.120. The fourth-order valence-electron chi connectivity index (χ4n) is 3.45. The first-order valence-electron chi connectivity index (χ1n) is 10.1. The second kappa shape index (κ2) is 11.0. The Balaban J connectivity index is 0.00000300. The van der Waals surface area contributed by atoms with Crippen LogP contribution in [0.1, 0.15) is 13.4 Å². The summed E-state index contributed by atoms with van der Waals surface area (Å²) in [6.45, 7) is 4.89. The van der Waals surface area contributed by atoms with Crippen LogP contribution in [0.5, 0.6) is 5.75 Å². The van der Waals surface area contributed by atoms with Gasteiger partial charge >= 0.3 is 0 Å². The minimum absolute atomic E-state index is 0. The first-order valence-corrected chi connectivity index (χ1v) is 10.1. The van der Waals surface area contributed by atoms with Gasteiger partial charge in [-0.1, -0.05) is 48.5 Å². The molecule has 1 fully saturated rings. The molecule has 1 aliphatic rings. The van der Waals surface area contributed by atoms with E-state index < -0.39 is 6.10 Å². The van der Waals surface area contributed by atoms with Crippen molar-refractivity contribution < 1.29 is 16.1 Å². The highest BCUT2D eigenvalue weighted by atomic mass is 16.5. The highest BCUT2D eigenvalue weighted by Gasteiger charge is 2.21. The first-order chi connectivity index (χ1) is 13.7. The van der Waals surface area contributed by atoms with Crippen LogP contribution < -0.4 is 4.74 Å². The number of carbonyl (C=O) groups is 1. The summed E-state index contributed by atoms with van der Waals surface area (Å²) < 4.78 is 5.61. The Morgan fingerprint density at radius 1 is 0.964 bits per heavy atom. The molecule has 1 saturated heterocycles. The van der Waals surface area contributed by atoms with Crippen LogP contribution in [0, 0.1) is 0 Å². The minimum Gasteiger partial charge on any atom is -0.491 e. The third kappa shape index (κ3) is 7.08. The summed E-state index contributed by atoms with van der Waals surface area (Å²) in [5.41, 5.74) is 1.22. The van der Waals surface area contributed by atoms with E-state index in [-0.39, 0.29) is 1.43 Å². The molecule has 2 aromatic rings. The molecule has 0 aliphatic carbocycles. The Kier molecular flexibility index (Phi) is 8.03. The van der Waals surface area contributed by atoms with E-state index in [1.165, 1.54) is 5.56 Å². The molecule has 5 heteroatoms. The maximum absolute atomic E-state index is 12.3. The number of rotatable bonds is 10. The number of benzene rings is 2. The van der Waals surface area contributed by atoms with E-state index >= 15 is 0 Å². The smallest absolute Gasteiger partial charge is 0.147 e. The molecular weight excluding hydrogens is 352 g/mol. The van der Waals surface area contributed by atoms with Gasteiger partial charge in [0, 0.05) is 40.6 Å². The average Bonchev–Trinajstić information content (AvgIpc) is 2.74. The molecule has 0 radical (unpaired) electrons. The zero-order valence-electron chi connectivity index (χ0n) is 16.4. The lowest BCUT2D eigenvalue weighted by Gasteiger charge is -2.35. The summed E-state index contributed by atoms with van der Waals surface area (Å²) in [5.74, 6) is 1.08. The van der Waals surface area contributed by atoms with E-state index in [1.54, 1.807) is 0 Å². The summed E-state index contributed by atoms with van der Waals surface area (Å²) in [5, 5.41) is 10.2. The van der Waals surface area contributed by atoms with Crippen LogP contribution in [-0.4, -0.2) is 72.7 Å². The van der Waals surface area contributed by atoms with Crippen molar-refractivity contribution in [1.29, 1.82) is 0 Å². The van der Waals surface area contributed by atoms with E-state index in [0.717, 1.165) is 38.3 Å². The monoisotopic (exact) mass is 384 g/mol. The van der Waals surface area contributed by atoms with E-state index in [0.29, 0.717) is 31.9 Å². The molecule has 1 heterocycles. The summed E-state index contributed by atoms with van der Waals surface area (Å²) in [4.78, 5) is 16.7. The molecule has 0 unspecified atom stereocenters. The fourth-order valence-corrected chi connectivity index (χ4v) is 3.45. The van der Waals surface area contributed by atoms with Crippen LogP contribution in [0.25, 0.3) is 0 Å². The Morgan fingerprint density at radius 3 is 2.25 bits per heavy atom. The van der Waals surface area contributed by atoms with Crippen molar-refractivity contribution in [3.05, 3.63) is 66.2 Å². The number of aliphatic hydroxyl groups is 1. The molecule has 0 bridgehead atoms. The Morgan fingerprint density at radius 2 is 1.57 bits per heavy atom. The maximum atomic E-state index is 12.3. The Hall–Kier alpha value is -2.21. The van der Waals surface area contributed by atoms with E-state index in [9.17, 15) is 9.90 Å². The van der Waals surface area contributed by atoms with Crippen LogP contribution in [0.2, 0.25) is 0 Å². The Labute approximate surface area is 169 Å². The van der Waals surface area contributed by atoms with Gasteiger partial charge in [-0.2, -0.15) is 0 Å².